The molecule has 0 bridgehead atoms. The zero-order chi connectivity index (χ0) is 18.0. The molecule has 4 N–H and O–H groups in total. The lowest BCUT2D eigenvalue weighted by Crippen LogP contribution is -2.41. The molecule has 3 rings (SSSR count). The molecule has 1 aromatic heterocycles. The van der Waals surface area contributed by atoms with Gasteiger partial charge in [0.05, 0.1) is 18.4 Å². The SMILES string of the molecule is CC1OC(c2cccc(O)c2O)=NC1C(=O)N(O)CCc1cnc[nH]1. The van der Waals surface area contributed by atoms with Crippen molar-refractivity contribution in [2.24, 2.45) is 4.99 Å². The summed E-state index contributed by atoms with van der Waals surface area (Å²) in [4.78, 5) is 23.3. The van der Waals surface area contributed by atoms with Crippen LogP contribution in [0.25, 0.3) is 0 Å². The summed E-state index contributed by atoms with van der Waals surface area (Å²) in [6, 6.07) is 3.43. The van der Waals surface area contributed by atoms with Crippen molar-refractivity contribution in [2.75, 3.05) is 6.54 Å². The number of phenolic OH excluding ortho intramolecular Hbond substituents is 2. The molecular weight excluding hydrogens is 328 g/mol. The first-order valence-corrected chi connectivity index (χ1v) is 7.70. The van der Waals surface area contributed by atoms with E-state index in [4.69, 9.17) is 4.74 Å². The molecule has 2 aromatic rings. The molecule has 2 atom stereocenters. The highest BCUT2D eigenvalue weighted by Gasteiger charge is 2.37. The van der Waals surface area contributed by atoms with Crippen molar-refractivity contribution in [1.82, 2.24) is 15.0 Å². The molecule has 2 unspecified atom stereocenters. The number of hydrogen-bond acceptors (Lipinski definition) is 7. The van der Waals surface area contributed by atoms with Gasteiger partial charge in [-0.3, -0.25) is 10.0 Å². The molecule has 0 fully saturated rings. The number of imidazole rings is 1. The highest BCUT2D eigenvalue weighted by molar-refractivity contribution is 6.01. The van der Waals surface area contributed by atoms with Gasteiger partial charge in [0.15, 0.2) is 17.5 Å². The summed E-state index contributed by atoms with van der Waals surface area (Å²) in [6.07, 6.45) is 2.92. The molecule has 0 aliphatic carbocycles. The Bertz CT molecular complexity index is 790. The van der Waals surface area contributed by atoms with Gasteiger partial charge in [-0.05, 0) is 19.1 Å². The molecule has 0 saturated carbocycles. The summed E-state index contributed by atoms with van der Waals surface area (Å²) in [5.74, 6) is -1.25. The number of aromatic amines is 1. The fourth-order valence-electron chi connectivity index (χ4n) is 2.51. The number of H-pyrrole nitrogens is 1. The molecule has 0 spiro atoms. The molecule has 1 amide bonds. The summed E-state index contributed by atoms with van der Waals surface area (Å²) in [6.45, 7) is 1.72. The van der Waals surface area contributed by atoms with Crippen LogP contribution in [0.4, 0.5) is 0 Å². The smallest absolute Gasteiger partial charge is 0.274 e. The lowest BCUT2D eigenvalue weighted by Gasteiger charge is -2.19. The fraction of sp³-hybridized carbons (Fsp3) is 0.312. The maximum atomic E-state index is 12.4. The molecule has 1 aliphatic rings. The topological polar surface area (TPSA) is 131 Å². The van der Waals surface area contributed by atoms with Crippen LogP contribution in [0.3, 0.4) is 0 Å². The third-order valence-corrected chi connectivity index (χ3v) is 3.90. The van der Waals surface area contributed by atoms with Crippen molar-refractivity contribution >= 4 is 11.8 Å². The van der Waals surface area contributed by atoms with Gasteiger partial charge in [-0.15, -0.1) is 0 Å². The van der Waals surface area contributed by atoms with Crippen LogP contribution in [0.5, 0.6) is 11.5 Å². The highest BCUT2D eigenvalue weighted by atomic mass is 16.5. The molecule has 25 heavy (non-hydrogen) atoms. The number of aromatic nitrogens is 2. The van der Waals surface area contributed by atoms with Gasteiger partial charge in [0.2, 0.25) is 5.90 Å². The van der Waals surface area contributed by atoms with Crippen LogP contribution in [0.15, 0.2) is 35.7 Å². The van der Waals surface area contributed by atoms with Gasteiger partial charge in [-0.2, -0.15) is 0 Å². The van der Waals surface area contributed by atoms with E-state index in [-0.39, 0.29) is 29.5 Å². The van der Waals surface area contributed by atoms with E-state index < -0.39 is 18.1 Å². The minimum absolute atomic E-state index is 0.0428. The monoisotopic (exact) mass is 346 g/mol. The van der Waals surface area contributed by atoms with E-state index in [1.54, 1.807) is 13.1 Å². The Morgan fingerprint density at radius 2 is 2.20 bits per heavy atom. The molecule has 0 saturated heterocycles. The summed E-state index contributed by atoms with van der Waals surface area (Å²) in [7, 11) is 0. The van der Waals surface area contributed by atoms with Gasteiger partial charge in [0.1, 0.15) is 6.10 Å². The number of hydroxylamine groups is 2. The summed E-state index contributed by atoms with van der Waals surface area (Å²) in [5.41, 5.74) is 0.973. The van der Waals surface area contributed by atoms with E-state index in [9.17, 15) is 20.2 Å². The molecule has 9 heteroatoms. The first kappa shape index (κ1) is 16.8. The van der Waals surface area contributed by atoms with Crippen molar-refractivity contribution in [3.05, 3.63) is 42.0 Å². The van der Waals surface area contributed by atoms with Crippen LogP contribution in [0.2, 0.25) is 0 Å². The first-order chi connectivity index (χ1) is 12.0. The molecular formula is C16H18N4O5. The van der Waals surface area contributed by atoms with Crippen LogP contribution in [0, 0.1) is 0 Å². The summed E-state index contributed by atoms with van der Waals surface area (Å²) < 4.78 is 5.52. The average Bonchev–Trinajstić information content (AvgIpc) is 3.24. The van der Waals surface area contributed by atoms with E-state index in [2.05, 4.69) is 15.0 Å². The number of nitrogens with one attached hydrogen (secondary N) is 1. The molecule has 1 aromatic carbocycles. The van der Waals surface area contributed by atoms with Gasteiger partial charge in [0.25, 0.3) is 5.91 Å². The first-order valence-electron chi connectivity index (χ1n) is 7.70. The van der Waals surface area contributed by atoms with Crippen molar-refractivity contribution in [1.29, 1.82) is 0 Å². The number of nitrogens with zero attached hydrogens (tertiary/aromatic N) is 3. The average molecular weight is 346 g/mol. The summed E-state index contributed by atoms with van der Waals surface area (Å²) >= 11 is 0. The Morgan fingerprint density at radius 3 is 2.92 bits per heavy atom. The lowest BCUT2D eigenvalue weighted by atomic mass is 10.2. The van der Waals surface area contributed by atoms with Gasteiger partial charge < -0.3 is 19.9 Å². The predicted octanol–water partition coefficient (Wildman–Crippen LogP) is 0.815. The van der Waals surface area contributed by atoms with E-state index in [0.29, 0.717) is 11.5 Å². The van der Waals surface area contributed by atoms with Gasteiger partial charge in [-0.25, -0.2) is 15.0 Å². The highest BCUT2D eigenvalue weighted by Crippen LogP contribution is 2.31. The second-order valence-electron chi connectivity index (χ2n) is 5.66. The minimum Gasteiger partial charge on any atom is -0.504 e. The number of hydrogen-bond donors (Lipinski definition) is 4. The van der Waals surface area contributed by atoms with Crippen molar-refractivity contribution in [3.8, 4) is 11.5 Å². The number of aromatic hydroxyl groups is 2. The standard InChI is InChI=1S/C16H18N4O5/c1-9-13(16(23)20(24)6-5-10-7-17-8-18-10)19-15(25-9)11-3-2-4-12(21)14(11)22/h2-4,7-9,13,21-22,24H,5-6H2,1H3,(H,17,18). The Labute approximate surface area is 143 Å². The van der Waals surface area contributed by atoms with Gasteiger partial charge in [-0.1, -0.05) is 6.07 Å². The molecule has 132 valence electrons. The zero-order valence-electron chi connectivity index (χ0n) is 13.5. The summed E-state index contributed by atoms with van der Waals surface area (Å²) in [5, 5.41) is 30.1. The molecule has 9 nitrogen and oxygen atoms in total. The number of benzene rings is 1. The van der Waals surface area contributed by atoms with Gasteiger partial charge >= 0.3 is 0 Å². The van der Waals surface area contributed by atoms with Crippen molar-refractivity contribution in [3.63, 3.8) is 0 Å². The number of ether oxygens (including phenoxy) is 1. The van der Waals surface area contributed by atoms with E-state index in [1.807, 2.05) is 0 Å². The number of phenols is 2. The van der Waals surface area contributed by atoms with Crippen LogP contribution in [-0.4, -0.2) is 60.9 Å². The Kier molecular flexibility index (Phi) is 4.57. The largest absolute Gasteiger partial charge is 0.504 e. The Morgan fingerprint density at radius 1 is 1.40 bits per heavy atom. The Hall–Kier alpha value is -3.07. The van der Waals surface area contributed by atoms with Crippen molar-refractivity contribution in [2.45, 2.75) is 25.5 Å². The number of carbonyl (C=O) groups is 1. The van der Waals surface area contributed by atoms with E-state index >= 15 is 0 Å². The zero-order valence-corrected chi connectivity index (χ0v) is 13.5. The third kappa shape index (κ3) is 3.41. The number of amides is 1. The maximum Gasteiger partial charge on any atom is 0.274 e. The molecule has 1 aliphatic heterocycles. The quantitative estimate of drug-likeness (QED) is 0.360. The molecule has 2 heterocycles. The minimum atomic E-state index is -0.941. The predicted molar refractivity (Wildman–Crippen MR) is 86.4 cm³/mol. The number of carbonyl (C=O) groups excluding carboxylic acids is 1. The number of rotatable bonds is 5. The fourth-order valence-corrected chi connectivity index (χ4v) is 2.51. The molecule has 0 radical (unpaired) electrons. The number of para-hydroxylation sites is 1. The van der Waals surface area contributed by atoms with Crippen LogP contribution >= 0.6 is 0 Å². The normalized spacial score (nSPS) is 19.4. The lowest BCUT2D eigenvalue weighted by molar-refractivity contribution is -0.168. The second kappa shape index (κ2) is 6.81. The van der Waals surface area contributed by atoms with Crippen molar-refractivity contribution < 1.29 is 25.0 Å². The van der Waals surface area contributed by atoms with Crippen LogP contribution in [0.1, 0.15) is 18.2 Å². The maximum absolute atomic E-state index is 12.4. The number of aliphatic imine (C=N–C) groups is 1. The van der Waals surface area contributed by atoms with E-state index in [0.717, 1.165) is 5.69 Å². The van der Waals surface area contributed by atoms with Gasteiger partial charge in [0, 0.05) is 18.3 Å². The third-order valence-electron chi connectivity index (χ3n) is 3.90. The van der Waals surface area contributed by atoms with E-state index in [1.165, 1.54) is 24.5 Å². The second-order valence-corrected chi connectivity index (χ2v) is 5.66. The Balaban J connectivity index is 1.71. The van der Waals surface area contributed by atoms with Crippen LogP contribution in [-0.2, 0) is 16.0 Å². The van der Waals surface area contributed by atoms with Crippen LogP contribution < -0.4 is 0 Å².